The van der Waals surface area contributed by atoms with Crippen molar-refractivity contribution in [2.45, 2.75) is 16.7 Å². The maximum atomic E-state index is 11.8. The normalized spacial score (nSPS) is 12.5. The van der Waals surface area contributed by atoms with Gasteiger partial charge in [0.25, 0.3) is 10.1 Å². The molecule has 0 saturated heterocycles. The Labute approximate surface area is 184 Å². The molecule has 0 amide bonds. The first-order chi connectivity index (χ1) is 13.9. The molecule has 0 unspecified atom stereocenters. The number of halogens is 1. The van der Waals surface area contributed by atoms with Gasteiger partial charge in [-0.2, -0.15) is 8.42 Å². The number of hydrogen-bond acceptors (Lipinski definition) is 8. The Balaban J connectivity index is 2.14. The molecule has 0 bridgehead atoms. The Morgan fingerprint density at radius 2 is 1.70 bits per heavy atom. The number of aryl methyl sites for hydroxylation is 1. The lowest BCUT2D eigenvalue weighted by atomic mass is 10.1. The van der Waals surface area contributed by atoms with E-state index in [4.69, 9.17) is 4.74 Å². The van der Waals surface area contributed by atoms with Gasteiger partial charge >= 0.3 is 0 Å². The van der Waals surface area contributed by atoms with E-state index >= 15 is 0 Å². The van der Waals surface area contributed by atoms with Crippen LogP contribution in [-0.4, -0.2) is 33.6 Å². The van der Waals surface area contributed by atoms with Crippen molar-refractivity contribution in [2.75, 3.05) is 7.11 Å². The summed E-state index contributed by atoms with van der Waals surface area (Å²) in [6.45, 7) is 1.48. The first-order valence-electron chi connectivity index (χ1n) is 8.20. The number of nitrogens with zero attached hydrogens (tertiary/aromatic N) is 2. The van der Waals surface area contributed by atoms with E-state index in [2.05, 4.69) is 10.2 Å². The number of fused-ring (bicyclic) bond motifs is 1. The van der Waals surface area contributed by atoms with E-state index in [1.165, 1.54) is 65.6 Å². The van der Waals surface area contributed by atoms with Gasteiger partial charge in [0.1, 0.15) is 27.8 Å². The zero-order chi connectivity index (χ0) is 22.3. The Bertz CT molecular complexity index is 1400. The lowest BCUT2D eigenvalue weighted by molar-refractivity contribution is 0.413. The third-order valence-corrected chi connectivity index (χ3v) is 7.57. The van der Waals surface area contributed by atoms with Gasteiger partial charge in [0, 0.05) is 11.5 Å². The van der Waals surface area contributed by atoms with Crippen LogP contribution < -0.4 is 4.74 Å². The van der Waals surface area contributed by atoms with Gasteiger partial charge < -0.3 is 9.84 Å². The van der Waals surface area contributed by atoms with Gasteiger partial charge in [-0.3, -0.25) is 4.55 Å². The summed E-state index contributed by atoms with van der Waals surface area (Å²) in [7, 11) is -6.57. The summed E-state index contributed by atoms with van der Waals surface area (Å²) in [6.07, 6.45) is 0. The van der Waals surface area contributed by atoms with Crippen LogP contribution in [0.1, 0.15) is 5.56 Å². The van der Waals surface area contributed by atoms with Crippen LogP contribution >= 0.6 is 21.2 Å². The molecule has 3 aromatic carbocycles. The van der Waals surface area contributed by atoms with Gasteiger partial charge in [-0.15, -0.1) is 10.2 Å². The van der Waals surface area contributed by atoms with Crippen LogP contribution in [0, 0.1) is 6.92 Å². The van der Waals surface area contributed by atoms with Crippen molar-refractivity contribution >= 4 is 60.5 Å². The molecule has 0 aromatic heterocycles. The zero-order valence-electron chi connectivity index (χ0n) is 15.6. The van der Waals surface area contributed by atoms with E-state index in [0.29, 0.717) is 10.8 Å². The summed E-state index contributed by atoms with van der Waals surface area (Å²) in [5.41, 5.74) is 0.500. The Kier molecular flexibility index (Phi) is 6.04. The van der Waals surface area contributed by atoms with Crippen LogP contribution in [0.2, 0.25) is 0 Å². The molecule has 9 nitrogen and oxygen atoms in total. The smallest absolute Gasteiger partial charge is 0.294 e. The summed E-state index contributed by atoms with van der Waals surface area (Å²) in [5, 5.41) is 19.4. The first-order valence-corrected chi connectivity index (χ1v) is 13.7. The SMILES string of the molecule is COc1cc(S(=O)(=O)O)c(C)cc1N=Nc1c(O)ccc2cc(S(=O)(=O)I)ccc12. The lowest BCUT2D eigenvalue weighted by Crippen LogP contribution is -2.01. The Morgan fingerprint density at radius 1 is 1.00 bits per heavy atom. The van der Waals surface area contributed by atoms with Crippen LogP contribution in [0.3, 0.4) is 0 Å². The molecule has 0 fully saturated rings. The van der Waals surface area contributed by atoms with Crippen molar-refractivity contribution in [1.82, 2.24) is 0 Å². The highest BCUT2D eigenvalue weighted by atomic mass is 127. The number of phenols is 1. The van der Waals surface area contributed by atoms with Crippen LogP contribution in [-0.2, 0) is 17.1 Å². The molecule has 12 heteroatoms. The fourth-order valence-electron chi connectivity index (χ4n) is 2.81. The number of ether oxygens (including phenoxy) is 1. The second-order valence-corrected chi connectivity index (χ2v) is 12.4. The highest BCUT2D eigenvalue weighted by Gasteiger charge is 2.18. The third-order valence-electron chi connectivity index (χ3n) is 4.24. The zero-order valence-corrected chi connectivity index (χ0v) is 19.4. The molecular formula is C18H15IN2O7S2. The van der Waals surface area contributed by atoms with E-state index in [1.54, 1.807) is 6.07 Å². The quantitative estimate of drug-likeness (QED) is 0.200. The van der Waals surface area contributed by atoms with Gasteiger partial charge in [-0.05, 0) is 42.1 Å². The monoisotopic (exact) mass is 562 g/mol. The first kappa shape index (κ1) is 22.4. The molecule has 158 valence electrons. The van der Waals surface area contributed by atoms with E-state index in [0.717, 1.165) is 6.07 Å². The molecule has 0 saturated carbocycles. The van der Waals surface area contributed by atoms with Crippen LogP contribution in [0.4, 0.5) is 11.4 Å². The molecule has 0 aliphatic heterocycles. The van der Waals surface area contributed by atoms with Crippen molar-refractivity contribution in [3.05, 3.63) is 48.0 Å². The van der Waals surface area contributed by atoms with Gasteiger partial charge in [0.05, 0.1) is 33.2 Å². The standard InChI is InChI=1S/C18H15IN2O7S2/c1-10-7-14(16(28-2)9-17(10)30(25,26)27)20-21-18-13-5-4-12(29(19,23)24)8-11(13)3-6-15(18)22/h3-9,22H,1-2H3,(H,25,26,27). The van der Waals surface area contributed by atoms with Crippen molar-refractivity contribution in [3.63, 3.8) is 0 Å². The fraction of sp³-hybridized carbons (Fsp3) is 0.111. The minimum atomic E-state index is -4.44. The maximum Gasteiger partial charge on any atom is 0.294 e. The van der Waals surface area contributed by atoms with E-state index < -0.39 is 17.1 Å². The van der Waals surface area contributed by atoms with E-state index in [9.17, 15) is 26.5 Å². The third kappa shape index (κ3) is 4.55. The number of rotatable bonds is 5. The van der Waals surface area contributed by atoms with Crippen LogP contribution in [0.5, 0.6) is 11.5 Å². The maximum absolute atomic E-state index is 11.8. The van der Waals surface area contributed by atoms with Crippen LogP contribution in [0.25, 0.3) is 10.8 Å². The Hall–Kier alpha value is -2.29. The highest BCUT2D eigenvalue weighted by Crippen LogP contribution is 2.39. The van der Waals surface area contributed by atoms with Crippen molar-refractivity contribution in [2.24, 2.45) is 10.2 Å². The van der Waals surface area contributed by atoms with Gasteiger partial charge in [-0.1, -0.05) is 12.1 Å². The van der Waals surface area contributed by atoms with Gasteiger partial charge in [0.2, 0.25) is 7.01 Å². The molecule has 0 aliphatic carbocycles. The molecule has 0 radical (unpaired) electrons. The summed E-state index contributed by atoms with van der Waals surface area (Å²) < 4.78 is 60.9. The lowest BCUT2D eigenvalue weighted by Gasteiger charge is -2.09. The summed E-state index contributed by atoms with van der Waals surface area (Å²) >= 11 is 1.34. The molecule has 0 heterocycles. The second-order valence-electron chi connectivity index (χ2n) is 6.22. The topological polar surface area (TPSA) is 143 Å². The van der Waals surface area contributed by atoms with Crippen molar-refractivity contribution in [3.8, 4) is 11.5 Å². The molecule has 2 N–H and O–H groups in total. The molecule has 0 spiro atoms. The fourth-order valence-corrected chi connectivity index (χ4v) is 4.86. The molecule has 3 aromatic rings. The summed E-state index contributed by atoms with van der Waals surface area (Å²) in [5.74, 6) is -0.128. The largest absolute Gasteiger partial charge is 0.506 e. The Morgan fingerprint density at radius 3 is 2.30 bits per heavy atom. The highest BCUT2D eigenvalue weighted by molar-refractivity contribution is 14.2. The minimum Gasteiger partial charge on any atom is -0.506 e. The molecule has 0 atom stereocenters. The number of aromatic hydroxyl groups is 1. The summed E-state index contributed by atoms with van der Waals surface area (Å²) in [4.78, 5) is -0.207. The average Bonchev–Trinajstić information content (AvgIpc) is 2.65. The molecule has 3 rings (SSSR count). The van der Waals surface area contributed by atoms with Crippen molar-refractivity contribution < 1.29 is 31.2 Å². The summed E-state index contributed by atoms with van der Waals surface area (Å²) in [6, 6.07) is 9.78. The molecule has 0 aliphatic rings. The predicted octanol–water partition coefficient (Wildman–Crippen LogP) is 4.65. The van der Waals surface area contributed by atoms with Crippen molar-refractivity contribution in [1.29, 1.82) is 0 Å². The number of azo groups is 1. The predicted molar refractivity (Wildman–Crippen MR) is 119 cm³/mol. The average molecular weight is 562 g/mol. The molecule has 30 heavy (non-hydrogen) atoms. The van der Waals surface area contributed by atoms with E-state index in [1.807, 2.05) is 0 Å². The molecular weight excluding hydrogens is 547 g/mol. The van der Waals surface area contributed by atoms with Gasteiger partial charge in [0.15, 0.2) is 0 Å². The minimum absolute atomic E-state index is 0.0509. The van der Waals surface area contributed by atoms with E-state index in [-0.39, 0.29) is 38.2 Å². The van der Waals surface area contributed by atoms with Crippen LogP contribution in [0.15, 0.2) is 62.5 Å². The van der Waals surface area contributed by atoms with Gasteiger partial charge in [-0.25, -0.2) is 8.42 Å². The number of phenolic OH excluding ortho intramolecular Hbond substituents is 1. The number of benzene rings is 3. The number of hydrogen-bond donors (Lipinski definition) is 2. The second kappa shape index (κ2) is 8.09. The number of methoxy groups -OCH3 is 1.